The van der Waals surface area contributed by atoms with E-state index in [0.29, 0.717) is 22.9 Å². The Bertz CT molecular complexity index is 987. The molecule has 0 aliphatic heterocycles. The van der Waals surface area contributed by atoms with E-state index in [1.54, 1.807) is 6.92 Å². The molecule has 0 radical (unpaired) electrons. The molecule has 3 aromatic heterocycles. The van der Waals surface area contributed by atoms with Crippen molar-refractivity contribution in [2.24, 2.45) is 0 Å². The second-order valence-electron chi connectivity index (χ2n) is 6.09. The molecule has 0 fully saturated rings. The van der Waals surface area contributed by atoms with E-state index < -0.39 is 5.97 Å². The Morgan fingerprint density at radius 1 is 1.31 bits per heavy atom. The normalized spacial score (nSPS) is 10.9. The van der Waals surface area contributed by atoms with Crippen molar-refractivity contribution >= 4 is 33.9 Å². The minimum absolute atomic E-state index is 0.138. The van der Waals surface area contributed by atoms with Gasteiger partial charge in [-0.3, -0.25) is 4.79 Å². The third-order valence-corrected chi connectivity index (χ3v) is 5.31. The van der Waals surface area contributed by atoms with Crippen LogP contribution in [0, 0.1) is 20.8 Å². The molecule has 136 valence electrons. The standard InChI is InChI=1S/C19H21N3O3S/c1-5-25-19(24)16-12(3)13(4)26-18(16)21-15(23)9-14-10-22-8-6-7-11(2)17(22)20-14/h6-8,10H,5,9H2,1-4H3,(H,21,23). The Morgan fingerprint density at radius 2 is 2.08 bits per heavy atom. The Kier molecular flexibility index (Phi) is 5.08. The van der Waals surface area contributed by atoms with Gasteiger partial charge in [0.05, 0.1) is 24.3 Å². The van der Waals surface area contributed by atoms with E-state index >= 15 is 0 Å². The monoisotopic (exact) mass is 371 g/mol. The van der Waals surface area contributed by atoms with Gasteiger partial charge in [0.15, 0.2) is 0 Å². The van der Waals surface area contributed by atoms with Crippen LogP contribution in [0.4, 0.5) is 5.00 Å². The third-order valence-electron chi connectivity index (χ3n) is 4.19. The van der Waals surface area contributed by atoms with Crippen molar-refractivity contribution in [2.45, 2.75) is 34.1 Å². The summed E-state index contributed by atoms with van der Waals surface area (Å²) in [5.41, 5.74) is 3.85. The van der Waals surface area contributed by atoms with Crippen molar-refractivity contribution < 1.29 is 14.3 Å². The summed E-state index contributed by atoms with van der Waals surface area (Å²) in [6.45, 7) is 7.81. The van der Waals surface area contributed by atoms with Crippen LogP contribution in [-0.4, -0.2) is 27.9 Å². The molecule has 0 saturated carbocycles. The van der Waals surface area contributed by atoms with Crippen LogP contribution in [0.3, 0.4) is 0 Å². The Hall–Kier alpha value is -2.67. The SMILES string of the molecule is CCOC(=O)c1c(NC(=O)Cc2cn3cccc(C)c3n2)sc(C)c1C. The average molecular weight is 371 g/mol. The lowest BCUT2D eigenvalue weighted by atomic mass is 10.1. The fourth-order valence-corrected chi connectivity index (χ4v) is 3.85. The first-order valence-electron chi connectivity index (χ1n) is 8.40. The zero-order valence-electron chi connectivity index (χ0n) is 15.3. The van der Waals surface area contributed by atoms with E-state index in [-0.39, 0.29) is 12.3 Å². The zero-order chi connectivity index (χ0) is 18.8. The van der Waals surface area contributed by atoms with Crippen molar-refractivity contribution in [1.82, 2.24) is 9.38 Å². The minimum Gasteiger partial charge on any atom is -0.462 e. The maximum atomic E-state index is 12.5. The number of amides is 1. The van der Waals surface area contributed by atoms with Crippen LogP contribution in [0.15, 0.2) is 24.5 Å². The number of hydrogen-bond donors (Lipinski definition) is 1. The van der Waals surface area contributed by atoms with Crippen LogP contribution in [-0.2, 0) is 16.0 Å². The molecule has 6 nitrogen and oxygen atoms in total. The van der Waals surface area contributed by atoms with E-state index in [4.69, 9.17) is 4.74 Å². The van der Waals surface area contributed by atoms with Crippen molar-refractivity contribution in [3.63, 3.8) is 0 Å². The molecule has 1 amide bonds. The summed E-state index contributed by atoms with van der Waals surface area (Å²) < 4.78 is 7.02. The molecule has 0 aliphatic rings. The highest BCUT2D eigenvalue weighted by Gasteiger charge is 2.22. The molecule has 1 N–H and O–H groups in total. The Morgan fingerprint density at radius 3 is 2.77 bits per heavy atom. The van der Waals surface area contributed by atoms with Crippen molar-refractivity contribution in [3.8, 4) is 0 Å². The molecule has 26 heavy (non-hydrogen) atoms. The molecule has 0 saturated heterocycles. The number of carbonyl (C=O) groups is 2. The molecule has 0 spiro atoms. The van der Waals surface area contributed by atoms with Crippen molar-refractivity contribution in [1.29, 1.82) is 0 Å². The summed E-state index contributed by atoms with van der Waals surface area (Å²) in [6.07, 6.45) is 3.89. The van der Waals surface area contributed by atoms with Gasteiger partial charge < -0.3 is 14.5 Å². The minimum atomic E-state index is -0.409. The summed E-state index contributed by atoms with van der Waals surface area (Å²) in [5, 5.41) is 3.38. The topological polar surface area (TPSA) is 72.7 Å². The predicted octanol–water partition coefficient (Wildman–Crippen LogP) is 3.68. The second-order valence-corrected chi connectivity index (χ2v) is 7.31. The van der Waals surface area contributed by atoms with Crippen LogP contribution >= 0.6 is 11.3 Å². The summed E-state index contributed by atoms with van der Waals surface area (Å²) in [7, 11) is 0. The number of esters is 1. The van der Waals surface area contributed by atoms with Gasteiger partial charge in [-0.25, -0.2) is 9.78 Å². The van der Waals surface area contributed by atoms with Gasteiger partial charge in [-0.1, -0.05) is 6.07 Å². The van der Waals surface area contributed by atoms with Crippen LogP contribution in [0.5, 0.6) is 0 Å². The summed E-state index contributed by atoms with van der Waals surface area (Å²) >= 11 is 1.38. The number of nitrogens with one attached hydrogen (secondary N) is 1. The molecule has 0 bridgehead atoms. The number of anilines is 1. The van der Waals surface area contributed by atoms with Gasteiger partial charge in [-0.2, -0.15) is 0 Å². The molecule has 3 aromatic rings. The molecule has 3 rings (SSSR count). The number of thiophene rings is 1. The Balaban J connectivity index is 1.80. The van der Waals surface area contributed by atoms with Crippen molar-refractivity contribution in [3.05, 3.63) is 51.8 Å². The molecular formula is C19H21N3O3S. The highest BCUT2D eigenvalue weighted by atomic mass is 32.1. The quantitative estimate of drug-likeness (QED) is 0.695. The molecule has 0 aromatic carbocycles. The van der Waals surface area contributed by atoms with E-state index in [1.807, 2.05) is 49.7 Å². The number of aromatic nitrogens is 2. The lowest BCUT2D eigenvalue weighted by Crippen LogP contribution is -2.16. The van der Waals surface area contributed by atoms with Crippen LogP contribution in [0.2, 0.25) is 0 Å². The number of hydrogen-bond acceptors (Lipinski definition) is 5. The number of rotatable bonds is 5. The summed E-state index contributed by atoms with van der Waals surface area (Å²) in [6, 6.07) is 3.92. The highest BCUT2D eigenvalue weighted by Crippen LogP contribution is 2.33. The largest absolute Gasteiger partial charge is 0.462 e. The maximum absolute atomic E-state index is 12.5. The predicted molar refractivity (Wildman–Crippen MR) is 102 cm³/mol. The number of aryl methyl sites for hydroxylation is 2. The molecule has 3 heterocycles. The third kappa shape index (κ3) is 3.48. The fraction of sp³-hybridized carbons (Fsp3) is 0.316. The van der Waals surface area contributed by atoms with E-state index in [2.05, 4.69) is 10.3 Å². The number of carbonyl (C=O) groups excluding carboxylic acids is 2. The molecule has 0 aliphatic carbocycles. The Labute approximate surface area is 155 Å². The van der Waals surface area contributed by atoms with Crippen LogP contribution in [0.25, 0.3) is 5.65 Å². The van der Waals surface area contributed by atoms with Gasteiger partial charge in [-0.15, -0.1) is 11.3 Å². The smallest absolute Gasteiger partial charge is 0.341 e. The van der Waals surface area contributed by atoms with Gasteiger partial charge in [0.25, 0.3) is 0 Å². The highest BCUT2D eigenvalue weighted by molar-refractivity contribution is 7.16. The van der Waals surface area contributed by atoms with Gasteiger partial charge in [0, 0.05) is 17.3 Å². The number of ether oxygens (including phenoxy) is 1. The summed E-state index contributed by atoms with van der Waals surface area (Å²) in [4.78, 5) is 30.2. The van der Waals surface area contributed by atoms with Gasteiger partial charge in [0.2, 0.25) is 5.91 Å². The van der Waals surface area contributed by atoms with E-state index in [9.17, 15) is 9.59 Å². The van der Waals surface area contributed by atoms with Gasteiger partial charge in [0.1, 0.15) is 10.6 Å². The lowest BCUT2D eigenvalue weighted by molar-refractivity contribution is -0.115. The van der Waals surface area contributed by atoms with Crippen molar-refractivity contribution in [2.75, 3.05) is 11.9 Å². The maximum Gasteiger partial charge on any atom is 0.341 e. The molecule has 0 atom stereocenters. The molecular weight excluding hydrogens is 350 g/mol. The van der Waals surface area contributed by atoms with Gasteiger partial charge >= 0.3 is 5.97 Å². The first kappa shape index (κ1) is 18.1. The number of pyridine rings is 1. The number of imidazole rings is 1. The lowest BCUT2D eigenvalue weighted by Gasteiger charge is -2.06. The van der Waals surface area contributed by atoms with Crippen LogP contribution < -0.4 is 5.32 Å². The van der Waals surface area contributed by atoms with E-state index in [0.717, 1.165) is 21.7 Å². The average Bonchev–Trinajstić information content (AvgIpc) is 3.09. The second kappa shape index (κ2) is 7.29. The molecule has 0 unspecified atom stereocenters. The van der Waals surface area contributed by atoms with Crippen LogP contribution in [0.1, 0.15) is 39.0 Å². The molecule has 7 heteroatoms. The zero-order valence-corrected chi connectivity index (χ0v) is 16.1. The summed E-state index contributed by atoms with van der Waals surface area (Å²) in [5.74, 6) is -0.620. The number of nitrogens with zero attached hydrogens (tertiary/aromatic N) is 2. The van der Waals surface area contributed by atoms with Gasteiger partial charge in [-0.05, 0) is 44.9 Å². The first-order valence-corrected chi connectivity index (χ1v) is 9.22. The van der Waals surface area contributed by atoms with E-state index in [1.165, 1.54) is 11.3 Å². The fourth-order valence-electron chi connectivity index (χ4n) is 2.79. The first-order chi connectivity index (χ1) is 12.4. The number of fused-ring (bicyclic) bond motifs is 1.